The number of nitrogens with zero attached hydrogens (tertiary/aromatic N) is 1. The molecular formula is C14H14N2O. The Balaban J connectivity index is 2.07. The normalized spacial score (nSPS) is 9.94. The standard InChI is InChI=1S/C14H14N2O/c1-11-4-6-12(7-5-11)9-16-14-13(10-17)3-2-8-15-14/h2-8,10H,9H2,1H3,(H,15,16). The molecule has 86 valence electrons. The predicted molar refractivity (Wildman–Crippen MR) is 68.1 cm³/mol. The van der Waals surface area contributed by atoms with Crippen molar-refractivity contribution in [1.29, 1.82) is 0 Å². The topological polar surface area (TPSA) is 42.0 Å². The minimum Gasteiger partial charge on any atom is -0.365 e. The highest BCUT2D eigenvalue weighted by Gasteiger charge is 2.01. The van der Waals surface area contributed by atoms with Gasteiger partial charge in [-0.3, -0.25) is 4.79 Å². The molecule has 2 rings (SSSR count). The van der Waals surface area contributed by atoms with Gasteiger partial charge in [0.25, 0.3) is 0 Å². The Morgan fingerprint density at radius 2 is 2.00 bits per heavy atom. The lowest BCUT2D eigenvalue weighted by atomic mass is 10.1. The molecule has 3 nitrogen and oxygen atoms in total. The number of hydrogen-bond donors (Lipinski definition) is 1. The van der Waals surface area contributed by atoms with E-state index < -0.39 is 0 Å². The first-order valence-corrected chi connectivity index (χ1v) is 5.49. The number of pyridine rings is 1. The van der Waals surface area contributed by atoms with Gasteiger partial charge in [-0.15, -0.1) is 0 Å². The van der Waals surface area contributed by atoms with Gasteiger partial charge in [-0.25, -0.2) is 4.98 Å². The van der Waals surface area contributed by atoms with Gasteiger partial charge < -0.3 is 5.32 Å². The minimum absolute atomic E-state index is 0.583. The lowest BCUT2D eigenvalue weighted by Gasteiger charge is -2.07. The lowest BCUT2D eigenvalue weighted by molar-refractivity contribution is 0.112. The number of hydrogen-bond acceptors (Lipinski definition) is 3. The van der Waals surface area contributed by atoms with E-state index >= 15 is 0 Å². The number of carbonyl (C=O) groups is 1. The molecule has 0 unspecified atom stereocenters. The average Bonchev–Trinajstić information content (AvgIpc) is 2.38. The maximum absolute atomic E-state index is 10.8. The number of aromatic nitrogens is 1. The molecule has 0 aliphatic carbocycles. The predicted octanol–water partition coefficient (Wildman–Crippen LogP) is 2.81. The van der Waals surface area contributed by atoms with E-state index in [4.69, 9.17) is 0 Å². The molecule has 3 heteroatoms. The fraction of sp³-hybridized carbons (Fsp3) is 0.143. The number of benzene rings is 1. The minimum atomic E-state index is 0.583. The molecule has 17 heavy (non-hydrogen) atoms. The molecule has 0 fully saturated rings. The summed E-state index contributed by atoms with van der Waals surface area (Å²) in [6.07, 6.45) is 2.48. The number of anilines is 1. The van der Waals surface area contributed by atoms with Crippen molar-refractivity contribution >= 4 is 12.1 Å². The number of rotatable bonds is 4. The van der Waals surface area contributed by atoms with Crippen LogP contribution in [0.15, 0.2) is 42.6 Å². The van der Waals surface area contributed by atoms with E-state index in [1.54, 1.807) is 18.3 Å². The fourth-order valence-corrected chi connectivity index (χ4v) is 1.55. The van der Waals surface area contributed by atoms with Gasteiger partial charge in [-0.1, -0.05) is 29.8 Å². The Kier molecular flexibility index (Phi) is 3.50. The summed E-state index contributed by atoms with van der Waals surface area (Å²) >= 11 is 0. The van der Waals surface area contributed by atoms with Gasteiger partial charge in [0.2, 0.25) is 0 Å². The van der Waals surface area contributed by atoms with Crippen LogP contribution in [0.2, 0.25) is 0 Å². The van der Waals surface area contributed by atoms with Crippen molar-refractivity contribution in [2.75, 3.05) is 5.32 Å². The molecule has 1 heterocycles. The van der Waals surface area contributed by atoms with Crippen LogP contribution in [0.1, 0.15) is 21.5 Å². The maximum Gasteiger partial charge on any atom is 0.153 e. The maximum atomic E-state index is 10.8. The Labute approximate surface area is 101 Å². The Hall–Kier alpha value is -2.16. The molecule has 1 aromatic heterocycles. The smallest absolute Gasteiger partial charge is 0.153 e. The molecule has 0 amide bonds. The van der Waals surface area contributed by atoms with E-state index in [0.29, 0.717) is 17.9 Å². The van der Waals surface area contributed by atoms with Gasteiger partial charge in [0.1, 0.15) is 5.82 Å². The van der Waals surface area contributed by atoms with Gasteiger partial charge in [-0.05, 0) is 24.6 Å². The molecule has 0 spiro atoms. The number of nitrogens with one attached hydrogen (secondary N) is 1. The van der Waals surface area contributed by atoms with Crippen molar-refractivity contribution in [3.05, 3.63) is 59.3 Å². The monoisotopic (exact) mass is 226 g/mol. The molecule has 1 aromatic carbocycles. The second-order valence-electron chi connectivity index (χ2n) is 3.90. The van der Waals surface area contributed by atoms with Crippen LogP contribution in [0, 0.1) is 6.92 Å². The van der Waals surface area contributed by atoms with Crippen molar-refractivity contribution in [1.82, 2.24) is 4.98 Å². The first kappa shape index (κ1) is 11.3. The first-order chi connectivity index (χ1) is 8.29. The van der Waals surface area contributed by atoms with Crippen LogP contribution in [0.4, 0.5) is 5.82 Å². The molecule has 0 aliphatic rings. The van der Waals surface area contributed by atoms with Crippen LogP contribution in [0.3, 0.4) is 0 Å². The molecule has 0 bridgehead atoms. The summed E-state index contributed by atoms with van der Waals surface area (Å²) in [7, 11) is 0. The zero-order chi connectivity index (χ0) is 12.1. The van der Waals surface area contributed by atoms with Crippen molar-refractivity contribution in [3.63, 3.8) is 0 Å². The Bertz CT molecular complexity index is 506. The Morgan fingerprint density at radius 3 is 2.71 bits per heavy atom. The summed E-state index contributed by atoms with van der Waals surface area (Å²) in [6, 6.07) is 11.8. The van der Waals surface area contributed by atoms with Crippen molar-refractivity contribution in [2.24, 2.45) is 0 Å². The highest BCUT2D eigenvalue weighted by molar-refractivity contribution is 5.82. The van der Waals surface area contributed by atoms with Crippen molar-refractivity contribution in [3.8, 4) is 0 Å². The first-order valence-electron chi connectivity index (χ1n) is 5.49. The number of aryl methyl sites for hydroxylation is 1. The summed E-state index contributed by atoms with van der Waals surface area (Å²) in [5, 5.41) is 3.16. The van der Waals surface area contributed by atoms with Crippen LogP contribution in [-0.4, -0.2) is 11.3 Å². The van der Waals surface area contributed by atoms with Gasteiger partial charge >= 0.3 is 0 Å². The molecule has 2 aromatic rings. The second kappa shape index (κ2) is 5.25. The summed E-state index contributed by atoms with van der Waals surface area (Å²) in [4.78, 5) is 14.9. The Morgan fingerprint density at radius 1 is 1.24 bits per heavy atom. The number of aldehydes is 1. The summed E-state index contributed by atoms with van der Waals surface area (Å²) in [5.41, 5.74) is 2.98. The van der Waals surface area contributed by atoms with Gasteiger partial charge in [0.15, 0.2) is 6.29 Å². The summed E-state index contributed by atoms with van der Waals surface area (Å²) in [6.45, 7) is 2.72. The van der Waals surface area contributed by atoms with E-state index in [9.17, 15) is 4.79 Å². The molecule has 1 N–H and O–H groups in total. The van der Waals surface area contributed by atoms with Crippen LogP contribution >= 0.6 is 0 Å². The van der Waals surface area contributed by atoms with Gasteiger partial charge in [0, 0.05) is 12.7 Å². The molecule has 0 saturated carbocycles. The van der Waals surface area contributed by atoms with E-state index in [-0.39, 0.29) is 0 Å². The molecular weight excluding hydrogens is 212 g/mol. The zero-order valence-electron chi connectivity index (χ0n) is 9.68. The molecule has 0 radical (unpaired) electrons. The molecule has 0 saturated heterocycles. The zero-order valence-corrected chi connectivity index (χ0v) is 9.68. The van der Waals surface area contributed by atoms with E-state index in [2.05, 4.69) is 41.5 Å². The molecule has 0 aliphatic heterocycles. The quantitative estimate of drug-likeness (QED) is 0.815. The fourth-order valence-electron chi connectivity index (χ4n) is 1.55. The summed E-state index contributed by atoms with van der Waals surface area (Å²) < 4.78 is 0. The van der Waals surface area contributed by atoms with Crippen LogP contribution < -0.4 is 5.32 Å². The van der Waals surface area contributed by atoms with Gasteiger partial charge in [0.05, 0.1) is 5.56 Å². The number of carbonyl (C=O) groups excluding carboxylic acids is 1. The van der Waals surface area contributed by atoms with E-state index in [0.717, 1.165) is 11.8 Å². The lowest BCUT2D eigenvalue weighted by Crippen LogP contribution is -2.03. The summed E-state index contributed by atoms with van der Waals surface area (Å²) in [5.74, 6) is 0.628. The highest BCUT2D eigenvalue weighted by Crippen LogP contribution is 2.11. The largest absolute Gasteiger partial charge is 0.365 e. The van der Waals surface area contributed by atoms with E-state index in [1.807, 2.05) is 0 Å². The molecule has 0 atom stereocenters. The van der Waals surface area contributed by atoms with Crippen molar-refractivity contribution in [2.45, 2.75) is 13.5 Å². The third-order valence-corrected chi connectivity index (χ3v) is 2.55. The average molecular weight is 226 g/mol. The third kappa shape index (κ3) is 2.91. The van der Waals surface area contributed by atoms with E-state index in [1.165, 1.54) is 5.56 Å². The SMILES string of the molecule is Cc1ccc(CNc2ncccc2C=O)cc1. The third-order valence-electron chi connectivity index (χ3n) is 2.55. The van der Waals surface area contributed by atoms with Crippen LogP contribution in [-0.2, 0) is 6.54 Å². The second-order valence-corrected chi connectivity index (χ2v) is 3.90. The van der Waals surface area contributed by atoms with Gasteiger partial charge in [-0.2, -0.15) is 0 Å². The van der Waals surface area contributed by atoms with Crippen LogP contribution in [0.5, 0.6) is 0 Å². The van der Waals surface area contributed by atoms with Crippen molar-refractivity contribution < 1.29 is 4.79 Å². The highest BCUT2D eigenvalue weighted by atomic mass is 16.1. The van der Waals surface area contributed by atoms with Crippen LogP contribution in [0.25, 0.3) is 0 Å².